The quantitative estimate of drug-likeness (QED) is 0.466. The highest BCUT2D eigenvalue weighted by molar-refractivity contribution is 5.80. The average Bonchev–Trinajstić information content (AvgIpc) is 2.94. The van der Waals surface area contributed by atoms with E-state index in [1.807, 2.05) is 6.92 Å². The molecule has 3 heteroatoms. The van der Waals surface area contributed by atoms with Crippen LogP contribution in [0.4, 0.5) is 0 Å². The molecular weight excluding hydrogens is 164 g/mol. The number of rotatable bonds is 5. The predicted octanol–water partition coefficient (Wildman–Crippen LogP) is 0.124. The molecule has 0 aliphatic heterocycles. The first-order chi connectivity index (χ1) is 6.24. The molecule has 1 aliphatic rings. The topological polar surface area (TPSA) is 41.1 Å². The van der Waals surface area contributed by atoms with Gasteiger partial charge in [-0.1, -0.05) is 5.92 Å². The largest absolute Gasteiger partial charge is 0.355 e. The molecule has 13 heavy (non-hydrogen) atoms. The second-order valence-electron chi connectivity index (χ2n) is 3.41. The average molecular weight is 180 g/mol. The first kappa shape index (κ1) is 10.1. The van der Waals surface area contributed by atoms with Gasteiger partial charge in [-0.2, -0.15) is 0 Å². The van der Waals surface area contributed by atoms with Crippen molar-refractivity contribution in [1.82, 2.24) is 10.6 Å². The van der Waals surface area contributed by atoms with E-state index in [1.165, 1.54) is 0 Å². The maximum Gasteiger partial charge on any atom is 0.223 e. The number of carbonyl (C=O) groups excluding carboxylic acids is 1. The minimum Gasteiger partial charge on any atom is -0.355 e. The van der Waals surface area contributed by atoms with E-state index in [9.17, 15) is 4.79 Å². The van der Waals surface area contributed by atoms with Crippen molar-refractivity contribution < 1.29 is 4.79 Å². The first-order valence-corrected chi connectivity index (χ1v) is 4.71. The van der Waals surface area contributed by atoms with Gasteiger partial charge in [-0.3, -0.25) is 4.79 Å². The van der Waals surface area contributed by atoms with Gasteiger partial charge in [0, 0.05) is 19.0 Å². The molecule has 1 atom stereocenters. The Hall–Kier alpha value is -1.01. The lowest BCUT2D eigenvalue weighted by atomic mass is 10.3. The molecule has 0 bridgehead atoms. The van der Waals surface area contributed by atoms with Crippen LogP contribution in [0.5, 0.6) is 0 Å². The standard InChI is InChI=1S/C10H16N2O/c1-3-8(2)11-6-7-12-10(13)9-4-5-9/h1,8-9,11H,4-7H2,2H3,(H,12,13). The zero-order valence-corrected chi connectivity index (χ0v) is 7.97. The van der Waals surface area contributed by atoms with Gasteiger partial charge in [0.25, 0.3) is 0 Å². The zero-order valence-electron chi connectivity index (χ0n) is 7.97. The Morgan fingerprint density at radius 2 is 2.31 bits per heavy atom. The summed E-state index contributed by atoms with van der Waals surface area (Å²) >= 11 is 0. The summed E-state index contributed by atoms with van der Waals surface area (Å²) in [7, 11) is 0. The molecule has 1 aliphatic carbocycles. The summed E-state index contributed by atoms with van der Waals surface area (Å²) in [6.07, 6.45) is 7.28. The Morgan fingerprint density at radius 3 is 2.85 bits per heavy atom. The second-order valence-corrected chi connectivity index (χ2v) is 3.41. The Balaban J connectivity index is 1.94. The maximum atomic E-state index is 11.1. The molecule has 0 aromatic carbocycles. The molecule has 2 N–H and O–H groups in total. The molecule has 0 heterocycles. The summed E-state index contributed by atoms with van der Waals surface area (Å²) in [5.41, 5.74) is 0. The van der Waals surface area contributed by atoms with Crippen LogP contribution in [0, 0.1) is 18.3 Å². The van der Waals surface area contributed by atoms with Gasteiger partial charge >= 0.3 is 0 Å². The van der Waals surface area contributed by atoms with Gasteiger partial charge in [0.15, 0.2) is 0 Å². The van der Waals surface area contributed by atoms with Gasteiger partial charge in [-0.25, -0.2) is 0 Å². The molecule has 0 aromatic rings. The van der Waals surface area contributed by atoms with Crippen LogP contribution in [0.15, 0.2) is 0 Å². The third-order valence-electron chi connectivity index (χ3n) is 2.07. The highest BCUT2D eigenvalue weighted by Crippen LogP contribution is 2.28. The minimum atomic E-state index is 0.0813. The number of hydrogen-bond donors (Lipinski definition) is 2. The molecule has 3 nitrogen and oxygen atoms in total. The summed E-state index contributed by atoms with van der Waals surface area (Å²) in [5, 5.41) is 5.95. The number of amides is 1. The van der Waals surface area contributed by atoms with Gasteiger partial charge in [0.05, 0.1) is 6.04 Å². The highest BCUT2D eigenvalue weighted by Gasteiger charge is 2.28. The summed E-state index contributed by atoms with van der Waals surface area (Å²) in [5.74, 6) is 3.05. The zero-order chi connectivity index (χ0) is 9.68. The third kappa shape index (κ3) is 3.95. The lowest BCUT2D eigenvalue weighted by Crippen LogP contribution is -2.35. The smallest absolute Gasteiger partial charge is 0.223 e. The van der Waals surface area contributed by atoms with Crippen molar-refractivity contribution >= 4 is 5.91 Å². The van der Waals surface area contributed by atoms with E-state index in [0.29, 0.717) is 12.5 Å². The molecule has 1 saturated carbocycles. The van der Waals surface area contributed by atoms with Crippen molar-refractivity contribution in [3.63, 3.8) is 0 Å². The Labute approximate surface area is 79.3 Å². The SMILES string of the molecule is C#CC(C)NCCNC(=O)C1CC1. The highest BCUT2D eigenvalue weighted by atomic mass is 16.2. The number of carbonyl (C=O) groups is 1. The molecule has 1 unspecified atom stereocenters. The van der Waals surface area contributed by atoms with E-state index in [0.717, 1.165) is 19.4 Å². The molecule has 0 aromatic heterocycles. The van der Waals surface area contributed by atoms with Crippen molar-refractivity contribution in [3.8, 4) is 12.3 Å². The van der Waals surface area contributed by atoms with E-state index in [4.69, 9.17) is 6.42 Å². The molecule has 1 fully saturated rings. The molecule has 1 rings (SSSR count). The lowest BCUT2D eigenvalue weighted by Gasteiger charge is -2.07. The second kappa shape index (κ2) is 4.88. The first-order valence-electron chi connectivity index (χ1n) is 4.71. The Morgan fingerprint density at radius 1 is 1.62 bits per heavy atom. The summed E-state index contributed by atoms with van der Waals surface area (Å²) < 4.78 is 0. The van der Waals surface area contributed by atoms with Crippen LogP contribution in [0.3, 0.4) is 0 Å². The predicted molar refractivity (Wildman–Crippen MR) is 52.0 cm³/mol. The lowest BCUT2D eigenvalue weighted by molar-refractivity contribution is -0.122. The molecule has 72 valence electrons. The normalized spacial score (nSPS) is 17.5. The van der Waals surface area contributed by atoms with Gasteiger partial charge in [-0.15, -0.1) is 6.42 Å². The van der Waals surface area contributed by atoms with Gasteiger partial charge in [0.2, 0.25) is 5.91 Å². The van der Waals surface area contributed by atoms with Crippen LogP contribution in [-0.2, 0) is 4.79 Å². The fraction of sp³-hybridized carbons (Fsp3) is 0.700. The molecular formula is C10H16N2O. The fourth-order valence-corrected chi connectivity index (χ4v) is 1.02. The van der Waals surface area contributed by atoms with Crippen LogP contribution < -0.4 is 10.6 Å². The van der Waals surface area contributed by atoms with Crippen LogP contribution >= 0.6 is 0 Å². The van der Waals surface area contributed by atoms with E-state index in [2.05, 4.69) is 16.6 Å². The van der Waals surface area contributed by atoms with Crippen molar-refractivity contribution in [3.05, 3.63) is 0 Å². The van der Waals surface area contributed by atoms with Crippen LogP contribution in [0.25, 0.3) is 0 Å². The molecule has 0 spiro atoms. The summed E-state index contributed by atoms with van der Waals surface area (Å²) in [6, 6.07) is 0.0813. The van der Waals surface area contributed by atoms with Crippen molar-refractivity contribution in [2.75, 3.05) is 13.1 Å². The summed E-state index contributed by atoms with van der Waals surface area (Å²) in [6.45, 7) is 3.33. The molecule has 1 amide bonds. The van der Waals surface area contributed by atoms with E-state index in [-0.39, 0.29) is 11.9 Å². The van der Waals surface area contributed by atoms with E-state index >= 15 is 0 Å². The molecule has 0 saturated heterocycles. The fourth-order valence-electron chi connectivity index (χ4n) is 1.02. The van der Waals surface area contributed by atoms with E-state index in [1.54, 1.807) is 0 Å². The number of hydrogen-bond acceptors (Lipinski definition) is 2. The Bertz CT molecular complexity index is 215. The maximum absolute atomic E-state index is 11.1. The Kier molecular flexibility index (Phi) is 3.78. The van der Waals surface area contributed by atoms with Crippen LogP contribution in [0.2, 0.25) is 0 Å². The monoisotopic (exact) mass is 180 g/mol. The van der Waals surface area contributed by atoms with Gasteiger partial charge in [0.1, 0.15) is 0 Å². The van der Waals surface area contributed by atoms with Gasteiger partial charge in [-0.05, 0) is 19.8 Å². The van der Waals surface area contributed by atoms with E-state index < -0.39 is 0 Å². The van der Waals surface area contributed by atoms with Crippen molar-refractivity contribution in [2.24, 2.45) is 5.92 Å². The van der Waals surface area contributed by atoms with Crippen LogP contribution in [0.1, 0.15) is 19.8 Å². The molecule has 0 radical (unpaired) electrons. The van der Waals surface area contributed by atoms with Crippen molar-refractivity contribution in [2.45, 2.75) is 25.8 Å². The van der Waals surface area contributed by atoms with Gasteiger partial charge < -0.3 is 10.6 Å². The number of terminal acetylenes is 1. The minimum absolute atomic E-state index is 0.0813. The summed E-state index contributed by atoms with van der Waals surface area (Å²) in [4.78, 5) is 11.1. The van der Waals surface area contributed by atoms with Crippen LogP contribution in [-0.4, -0.2) is 25.0 Å². The third-order valence-corrected chi connectivity index (χ3v) is 2.07. The van der Waals surface area contributed by atoms with Crippen molar-refractivity contribution in [1.29, 1.82) is 0 Å². The number of nitrogens with one attached hydrogen (secondary N) is 2.